The van der Waals surface area contributed by atoms with E-state index in [2.05, 4.69) is 15.6 Å². The largest absolute Gasteiger partial charge is 0.508 e. The summed E-state index contributed by atoms with van der Waals surface area (Å²) in [7, 11) is 0. The number of pyridine rings is 1. The fourth-order valence-electron chi connectivity index (χ4n) is 3.53. The van der Waals surface area contributed by atoms with Crippen LogP contribution in [0.25, 0.3) is 0 Å². The summed E-state index contributed by atoms with van der Waals surface area (Å²) >= 11 is 0. The Bertz CT molecular complexity index is 1190. The maximum atomic E-state index is 13.7. The van der Waals surface area contributed by atoms with Gasteiger partial charge in [-0.1, -0.05) is 18.2 Å². The van der Waals surface area contributed by atoms with Gasteiger partial charge >= 0.3 is 0 Å². The molecule has 0 aliphatic rings. The Labute approximate surface area is 209 Å². The van der Waals surface area contributed by atoms with Crippen LogP contribution in [0.1, 0.15) is 45.2 Å². The Hall–Kier alpha value is -4.27. The maximum absolute atomic E-state index is 13.7. The first kappa shape index (κ1) is 26.3. The normalized spacial score (nSPS) is 11.9. The van der Waals surface area contributed by atoms with Gasteiger partial charge in [0.2, 0.25) is 17.7 Å². The molecule has 1 atom stereocenters. The number of hydrogen-bond donors (Lipinski definition) is 3. The summed E-state index contributed by atoms with van der Waals surface area (Å²) in [5.74, 6) is -1.54. The van der Waals surface area contributed by atoms with Gasteiger partial charge in [-0.3, -0.25) is 19.3 Å². The van der Waals surface area contributed by atoms with Crippen molar-refractivity contribution in [3.8, 4) is 5.75 Å². The van der Waals surface area contributed by atoms with E-state index in [9.17, 15) is 23.9 Å². The number of phenolic OH excluding ortho intramolecular Hbond substituents is 1. The average Bonchev–Trinajstić information content (AvgIpc) is 2.82. The number of benzene rings is 2. The highest BCUT2D eigenvalue weighted by atomic mass is 19.1. The standard InChI is InChI=1S/C27H29FN4O4/c1-27(2,3)31-26(36)25(18-7-13-21(33)14-8-18)32(20-11-9-19(28)10-12-20)24(35)16-15-23(34)30-22-6-4-5-17-29-22/h4-14,17,25,33H,15-16H2,1-3H3,(H,31,36)(H,29,30,34)/t25-/m0/s1. The molecule has 0 radical (unpaired) electrons. The molecule has 0 saturated carbocycles. The van der Waals surface area contributed by atoms with Gasteiger partial charge in [-0.05, 0) is 74.9 Å². The van der Waals surface area contributed by atoms with E-state index < -0.39 is 35.1 Å². The minimum Gasteiger partial charge on any atom is -0.508 e. The Balaban J connectivity index is 1.94. The number of nitrogens with zero attached hydrogens (tertiary/aromatic N) is 2. The van der Waals surface area contributed by atoms with E-state index in [0.29, 0.717) is 11.4 Å². The quantitative estimate of drug-likeness (QED) is 0.433. The van der Waals surface area contributed by atoms with Crippen LogP contribution in [0.5, 0.6) is 5.75 Å². The molecular weight excluding hydrogens is 463 g/mol. The van der Waals surface area contributed by atoms with E-state index in [4.69, 9.17) is 0 Å². The van der Waals surface area contributed by atoms with Gasteiger partial charge < -0.3 is 15.7 Å². The second kappa shape index (κ2) is 11.4. The number of anilines is 2. The van der Waals surface area contributed by atoms with Gasteiger partial charge in [-0.15, -0.1) is 0 Å². The number of aromatic nitrogens is 1. The second-order valence-corrected chi connectivity index (χ2v) is 9.24. The lowest BCUT2D eigenvalue weighted by atomic mass is 10.00. The second-order valence-electron chi connectivity index (χ2n) is 9.24. The summed E-state index contributed by atoms with van der Waals surface area (Å²) in [6, 6.07) is 15.0. The molecule has 0 bridgehead atoms. The number of nitrogens with one attached hydrogen (secondary N) is 2. The van der Waals surface area contributed by atoms with Crippen LogP contribution < -0.4 is 15.5 Å². The maximum Gasteiger partial charge on any atom is 0.248 e. The molecule has 0 aliphatic carbocycles. The Kier molecular flexibility index (Phi) is 8.37. The van der Waals surface area contributed by atoms with Crippen LogP contribution in [-0.2, 0) is 14.4 Å². The SMILES string of the molecule is CC(C)(C)NC(=O)[C@H](c1ccc(O)cc1)N(C(=O)CCC(=O)Nc1ccccn1)c1ccc(F)cc1. The van der Waals surface area contributed by atoms with E-state index in [1.807, 2.05) is 20.8 Å². The van der Waals surface area contributed by atoms with Crippen molar-refractivity contribution in [3.05, 3.63) is 84.3 Å². The summed E-state index contributed by atoms with van der Waals surface area (Å²) in [5, 5.41) is 15.3. The number of rotatable bonds is 8. The van der Waals surface area contributed by atoms with Crippen molar-refractivity contribution in [2.75, 3.05) is 10.2 Å². The molecule has 8 nitrogen and oxygen atoms in total. The number of phenols is 1. The summed E-state index contributed by atoms with van der Waals surface area (Å²) in [5.41, 5.74) is 0.116. The highest BCUT2D eigenvalue weighted by Gasteiger charge is 2.34. The van der Waals surface area contributed by atoms with Crippen LogP contribution in [0.3, 0.4) is 0 Å². The van der Waals surface area contributed by atoms with E-state index in [1.165, 1.54) is 47.5 Å². The molecule has 36 heavy (non-hydrogen) atoms. The summed E-state index contributed by atoms with van der Waals surface area (Å²) in [4.78, 5) is 44.7. The monoisotopic (exact) mass is 492 g/mol. The molecule has 3 rings (SSSR count). The van der Waals surface area contributed by atoms with Crippen LogP contribution >= 0.6 is 0 Å². The zero-order valence-corrected chi connectivity index (χ0v) is 20.4. The molecule has 3 aromatic rings. The minimum absolute atomic E-state index is 0.000388. The predicted molar refractivity (Wildman–Crippen MR) is 135 cm³/mol. The Morgan fingerprint density at radius 3 is 2.22 bits per heavy atom. The van der Waals surface area contributed by atoms with Gasteiger partial charge in [0, 0.05) is 30.3 Å². The van der Waals surface area contributed by atoms with Gasteiger partial charge in [-0.25, -0.2) is 9.37 Å². The predicted octanol–water partition coefficient (Wildman–Crippen LogP) is 4.33. The zero-order chi connectivity index (χ0) is 26.3. The van der Waals surface area contributed by atoms with Crippen LogP contribution in [0, 0.1) is 5.82 Å². The van der Waals surface area contributed by atoms with Crippen molar-refractivity contribution < 1.29 is 23.9 Å². The van der Waals surface area contributed by atoms with E-state index in [-0.39, 0.29) is 24.3 Å². The third-order valence-electron chi connectivity index (χ3n) is 5.09. The number of halogens is 1. The molecule has 1 aromatic heterocycles. The molecule has 9 heteroatoms. The van der Waals surface area contributed by atoms with Gasteiger partial charge in [0.1, 0.15) is 23.4 Å². The van der Waals surface area contributed by atoms with Crippen LogP contribution in [0.15, 0.2) is 72.9 Å². The van der Waals surface area contributed by atoms with Crippen molar-refractivity contribution in [3.63, 3.8) is 0 Å². The molecule has 2 aromatic carbocycles. The average molecular weight is 493 g/mol. The fourth-order valence-corrected chi connectivity index (χ4v) is 3.53. The number of hydrogen-bond acceptors (Lipinski definition) is 5. The van der Waals surface area contributed by atoms with Crippen LogP contribution in [0.2, 0.25) is 0 Å². The van der Waals surface area contributed by atoms with Crippen LogP contribution in [-0.4, -0.2) is 33.4 Å². The molecule has 0 saturated heterocycles. The lowest BCUT2D eigenvalue weighted by molar-refractivity contribution is -0.128. The number of amides is 3. The smallest absolute Gasteiger partial charge is 0.248 e. The first-order valence-electron chi connectivity index (χ1n) is 11.4. The van der Waals surface area contributed by atoms with Gasteiger partial charge in [0.25, 0.3) is 0 Å². The first-order chi connectivity index (χ1) is 17.0. The third-order valence-corrected chi connectivity index (χ3v) is 5.09. The van der Waals surface area contributed by atoms with Crippen molar-refractivity contribution >= 4 is 29.2 Å². The Morgan fingerprint density at radius 1 is 0.972 bits per heavy atom. The molecule has 3 N–H and O–H groups in total. The lowest BCUT2D eigenvalue weighted by Gasteiger charge is -2.34. The minimum atomic E-state index is -1.14. The highest BCUT2D eigenvalue weighted by Crippen LogP contribution is 2.30. The molecule has 1 heterocycles. The van der Waals surface area contributed by atoms with Crippen molar-refractivity contribution in [2.24, 2.45) is 0 Å². The molecule has 0 aliphatic heterocycles. The molecule has 188 valence electrons. The van der Waals surface area contributed by atoms with E-state index >= 15 is 0 Å². The van der Waals surface area contributed by atoms with Crippen molar-refractivity contribution in [1.82, 2.24) is 10.3 Å². The summed E-state index contributed by atoms with van der Waals surface area (Å²) in [6.07, 6.45) is 1.16. The number of aromatic hydroxyl groups is 1. The number of carbonyl (C=O) groups excluding carboxylic acids is 3. The molecule has 3 amide bonds. The van der Waals surface area contributed by atoms with Gasteiger partial charge in [0.05, 0.1) is 0 Å². The van der Waals surface area contributed by atoms with Gasteiger partial charge in [-0.2, -0.15) is 0 Å². The first-order valence-corrected chi connectivity index (χ1v) is 11.4. The third kappa shape index (κ3) is 7.36. The fraction of sp³-hybridized carbons (Fsp3) is 0.259. The molecule has 0 fully saturated rings. The van der Waals surface area contributed by atoms with Crippen LogP contribution in [0.4, 0.5) is 15.9 Å². The molecule has 0 spiro atoms. The lowest BCUT2D eigenvalue weighted by Crippen LogP contribution is -2.49. The van der Waals surface area contributed by atoms with E-state index in [0.717, 1.165) is 0 Å². The summed E-state index contributed by atoms with van der Waals surface area (Å²) < 4.78 is 13.7. The topological polar surface area (TPSA) is 112 Å². The zero-order valence-electron chi connectivity index (χ0n) is 20.4. The van der Waals surface area contributed by atoms with Gasteiger partial charge in [0.15, 0.2) is 0 Å². The Morgan fingerprint density at radius 2 is 1.64 bits per heavy atom. The number of carbonyl (C=O) groups is 3. The molecular formula is C27H29FN4O4. The van der Waals surface area contributed by atoms with Crippen molar-refractivity contribution in [1.29, 1.82) is 0 Å². The molecule has 0 unspecified atom stereocenters. The van der Waals surface area contributed by atoms with E-state index in [1.54, 1.807) is 30.3 Å². The highest BCUT2D eigenvalue weighted by molar-refractivity contribution is 6.03. The summed E-state index contributed by atoms with van der Waals surface area (Å²) in [6.45, 7) is 5.43. The van der Waals surface area contributed by atoms with Crippen molar-refractivity contribution in [2.45, 2.75) is 45.2 Å².